The van der Waals surface area contributed by atoms with Gasteiger partial charge in [0.25, 0.3) is 11.5 Å². The molecule has 0 unspecified atom stereocenters. The van der Waals surface area contributed by atoms with Crippen molar-refractivity contribution in [2.24, 2.45) is 0 Å². The van der Waals surface area contributed by atoms with Gasteiger partial charge in [-0.15, -0.1) is 0 Å². The summed E-state index contributed by atoms with van der Waals surface area (Å²) in [6.45, 7) is 2.69. The fraction of sp³-hybridized carbons (Fsp3) is 0.200. The Labute approximate surface area is 240 Å². The van der Waals surface area contributed by atoms with Crippen LogP contribution in [0.4, 0.5) is 15.9 Å². The highest BCUT2D eigenvalue weighted by Crippen LogP contribution is 2.34. The predicted octanol–water partition coefficient (Wildman–Crippen LogP) is 4.60. The summed E-state index contributed by atoms with van der Waals surface area (Å²) >= 11 is 6.75. The van der Waals surface area contributed by atoms with Crippen LogP contribution in [0.1, 0.15) is 11.1 Å². The van der Waals surface area contributed by atoms with Crippen LogP contribution in [-0.2, 0) is 11.2 Å². The molecule has 202 valence electrons. The van der Waals surface area contributed by atoms with Crippen molar-refractivity contribution in [2.45, 2.75) is 6.42 Å². The van der Waals surface area contributed by atoms with Gasteiger partial charge in [0.15, 0.2) is 0 Å². The molecule has 2 aliphatic rings. The first kappa shape index (κ1) is 26.2. The number of fused-ring (bicyclic) bond motifs is 1. The normalized spacial score (nSPS) is 16.9. The van der Waals surface area contributed by atoms with E-state index in [0.29, 0.717) is 71.1 Å². The summed E-state index contributed by atoms with van der Waals surface area (Å²) in [4.78, 5) is 38.0. The Morgan fingerprint density at radius 2 is 1.60 bits per heavy atom. The number of carbonyl (C=O) groups excluding carboxylic acids is 1. The minimum absolute atomic E-state index is 0.209. The molecule has 0 atom stereocenters. The summed E-state index contributed by atoms with van der Waals surface area (Å²) in [5.74, 6) is 0.0470. The van der Waals surface area contributed by atoms with Gasteiger partial charge in [-0.25, -0.2) is 9.37 Å². The third kappa shape index (κ3) is 5.12. The number of hydrogen-bond acceptors (Lipinski definition) is 7. The second-order valence-electron chi connectivity index (χ2n) is 9.58. The van der Waals surface area contributed by atoms with Crippen LogP contribution >= 0.6 is 24.0 Å². The van der Waals surface area contributed by atoms with E-state index >= 15 is 0 Å². The number of aromatic nitrogens is 2. The van der Waals surface area contributed by atoms with E-state index in [9.17, 15) is 14.0 Å². The standard InChI is InChI=1S/C30H26FN5O2S2/c31-23-10-4-5-11-24(23)33-16-18-34(19-17-33)27-22(28(37)35-14-7-6-12-26(35)32-27)20-25-29(38)36(30(39)40-25)15-13-21-8-2-1-3-9-21/h1-12,14,20H,13,15-19H2/b25-20+. The van der Waals surface area contributed by atoms with Crippen molar-refractivity contribution in [3.63, 3.8) is 0 Å². The van der Waals surface area contributed by atoms with Crippen molar-refractivity contribution in [2.75, 3.05) is 42.5 Å². The number of halogens is 1. The topological polar surface area (TPSA) is 61.2 Å². The van der Waals surface area contributed by atoms with Gasteiger partial charge in [-0.2, -0.15) is 0 Å². The molecule has 40 heavy (non-hydrogen) atoms. The maximum atomic E-state index is 14.4. The number of hydrogen-bond donors (Lipinski definition) is 0. The number of carbonyl (C=O) groups is 1. The average molecular weight is 572 g/mol. The van der Waals surface area contributed by atoms with Gasteiger partial charge in [0.2, 0.25) is 0 Å². The Bertz CT molecular complexity index is 1680. The van der Waals surface area contributed by atoms with Gasteiger partial charge < -0.3 is 9.80 Å². The number of thiocarbonyl (C=S) groups is 1. The second-order valence-corrected chi connectivity index (χ2v) is 11.3. The van der Waals surface area contributed by atoms with E-state index in [-0.39, 0.29) is 17.3 Å². The third-order valence-electron chi connectivity index (χ3n) is 7.14. The van der Waals surface area contributed by atoms with Crippen LogP contribution in [0.25, 0.3) is 11.7 Å². The molecule has 0 bridgehead atoms. The summed E-state index contributed by atoms with van der Waals surface area (Å²) in [6, 6.07) is 22.1. The van der Waals surface area contributed by atoms with E-state index in [1.807, 2.05) is 52.3 Å². The van der Waals surface area contributed by atoms with E-state index < -0.39 is 0 Å². The predicted molar refractivity (Wildman–Crippen MR) is 162 cm³/mol. The van der Waals surface area contributed by atoms with Crippen molar-refractivity contribution in [1.82, 2.24) is 14.3 Å². The zero-order valence-corrected chi connectivity index (χ0v) is 23.2. The average Bonchev–Trinajstić information content (AvgIpc) is 3.25. The van der Waals surface area contributed by atoms with Gasteiger partial charge in [0, 0.05) is 38.9 Å². The van der Waals surface area contributed by atoms with Gasteiger partial charge in [-0.3, -0.25) is 18.9 Å². The van der Waals surface area contributed by atoms with E-state index in [1.165, 1.54) is 22.2 Å². The SMILES string of the molecule is O=C1/C(=C\c2c(N3CCN(c4ccccc4F)CC3)nc3ccccn3c2=O)SC(=S)N1CCc1ccccc1. The Morgan fingerprint density at radius 3 is 2.38 bits per heavy atom. The molecule has 0 N–H and O–H groups in total. The van der Waals surface area contributed by atoms with Crippen LogP contribution in [0.3, 0.4) is 0 Å². The molecule has 2 aromatic carbocycles. The van der Waals surface area contributed by atoms with Crippen LogP contribution < -0.4 is 15.4 Å². The quantitative estimate of drug-likeness (QED) is 0.248. The molecule has 2 aromatic heterocycles. The van der Waals surface area contributed by atoms with Crippen LogP contribution in [0.2, 0.25) is 0 Å². The minimum atomic E-state index is -0.258. The summed E-state index contributed by atoms with van der Waals surface area (Å²) in [5.41, 5.74) is 2.28. The molecule has 0 aliphatic carbocycles. The zero-order chi connectivity index (χ0) is 27.6. The molecule has 2 aliphatic heterocycles. The number of benzene rings is 2. The monoisotopic (exact) mass is 571 g/mol. The first-order valence-electron chi connectivity index (χ1n) is 13.0. The number of para-hydroxylation sites is 1. The van der Waals surface area contributed by atoms with Crippen LogP contribution in [0, 0.1) is 5.82 Å². The lowest BCUT2D eigenvalue weighted by Crippen LogP contribution is -2.47. The molecular formula is C30H26FN5O2S2. The molecule has 0 saturated carbocycles. The van der Waals surface area contributed by atoms with Gasteiger partial charge in [0.1, 0.15) is 21.6 Å². The maximum absolute atomic E-state index is 14.4. The highest BCUT2D eigenvalue weighted by Gasteiger charge is 2.33. The van der Waals surface area contributed by atoms with Crippen molar-refractivity contribution in [3.8, 4) is 0 Å². The van der Waals surface area contributed by atoms with Crippen LogP contribution in [0.15, 0.2) is 88.7 Å². The summed E-state index contributed by atoms with van der Waals surface area (Å²) in [5, 5.41) is 0. The van der Waals surface area contributed by atoms with Crippen molar-refractivity contribution < 1.29 is 9.18 Å². The highest BCUT2D eigenvalue weighted by atomic mass is 32.2. The molecule has 4 aromatic rings. The lowest BCUT2D eigenvalue weighted by atomic mass is 10.1. The molecule has 4 heterocycles. The summed E-state index contributed by atoms with van der Waals surface area (Å²) < 4.78 is 16.4. The Kier molecular flexibility index (Phi) is 7.36. The van der Waals surface area contributed by atoms with Crippen molar-refractivity contribution >= 4 is 57.4 Å². The number of pyridine rings is 1. The molecule has 2 saturated heterocycles. The Hall–Kier alpha value is -4.02. The van der Waals surface area contributed by atoms with Gasteiger partial charge >= 0.3 is 0 Å². The molecule has 2 fully saturated rings. The minimum Gasteiger partial charge on any atom is -0.366 e. The fourth-order valence-corrected chi connectivity index (χ4v) is 6.33. The Morgan fingerprint density at radius 1 is 0.900 bits per heavy atom. The highest BCUT2D eigenvalue weighted by molar-refractivity contribution is 8.26. The molecule has 1 amide bonds. The first-order valence-corrected chi connectivity index (χ1v) is 14.3. The second kappa shape index (κ2) is 11.2. The van der Waals surface area contributed by atoms with E-state index in [4.69, 9.17) is 17.2 Å². The van der Waals surface area contributed by atoms with Gasteiger partial charge in [-0.05, 0) is 42.3 Å². The molecule has 10 heteroatoms. The van der Waals surface area contributed by atoms with Gasteiger partial charge in [-0.1, -0.05) is 72.5 Å². The van der Waals surface area contributed by atoms with Crippen molar-refractivity contribution in [1.29, 1.82) is 0 Å². The van der Waals surface area contributed by atoms with E-state index in [0.717, 1.165) is 5.56 Å². The largest absolute Gasteiger partial charge is 0.366 e. The maximum Gasteiger partial charge on any atom is 0.267 e. The van der Waals surface area contributed by atoms with Gasteiger partial charge in [0.05, 0.1) is 16.2 Å². The summed E-state index contributed by atoms with van der Waals surface area (Å²) in [7, 11) is 0. The smallest absolute Gasteiger partial charge is 0.267 e. The van der Waals surface area contributed by atoms with E-state index in [2.05, 4.69) is 0 Å². The third-order valence-corrected chi connectivity index (χ3v) is 8.51. The van der Waals surface area contributed by atoms with Crippen LogP contribution in [0.5, 0.6) is 0 Å². The number of nitrogens with zero attached hydrogens (tertiary/aromatic N) is 5. The number of piperazine rings is 1. The number of anilines is 2. The molecule has 6 rings (SSSR count). The first-order chi connectivity index (χ1) is 19.5. The summed E-state index contributed by atoms with van der Waals surface area (Å²) in [6.07, 6.45) is 3.99. The number of amides is 1. The molecule has 7 nitrogen and oxygen atoms in total. The Balaban J connectivity index is 1.30. The number of thioether (sulfide) groups is 1. The fourth-order valence-electron chi connectivity index (χ4n) is 5.04. The lowest BCUT2D eigenvalue weighted by Gasteiger charge is -2.37. The van der Waals surface area contributed by atoms with Crippen molar-refractivity contribution in [3.05, 3.63) is 111 Å². The molecule has 0 spiro atoms. The number of rotatable bonds is 6. The molecule has 0 radical (unpaired) electrons. The van der Waals surface area contributed by atoms with Crippen LogP contribution in [-0.4, -0.2) is 57.2 Å². The lowest BCUT2D eigenvalue weighted by molar-refractivity contribution is -0.122. The van der Waals surface area contributed by atoms with E-state index in [1.54, 1.807) is 41.4 Å². The molecular weight excluding hydrogens is 545 g/mol. The zero-order valence-electron chi connectivity index (χ0n) is 21.6.